The van der Waals surface area contributed by atoms with Gasteiger partial charge in [0.25, 0.3) is 0 Å². The van der Waals surface area contributed by atoms with Gasteiger partial charge >= 0.3 is 0 Å². The standard InChI is InChI=1S/C23H23NO3/c1-3-7-18(14-15-25)19-10-12-21(13-11-19)26-16-22-17(2)27-23(24-22)20-8-5-4-6-9-20/h3-14,25H,15-16H2,1-2H3. The summed E-state index contributed by atoms with van der Waals surface area (Å²) in [6, 6.07) is 17.6. The first-order valence-electron chi connectivity index (χ1n) is 8.90. The molecule has 27 heavy (non-hydrogen) atoms. The van der Waals surface area contributed by atoms with Crippen molar-refractivity contribution in [3.05, 3.63) is 89.8 Å². The van der Waals surface area contributed by atoms with E-state index in [9.17, 15) is 0 Å². The van der Waals surface area contributed by atoms with E-state index in [4.69, 9.17) is 14.3 Å². The molecule has 0 spiro atoms. The summed E-state index contributed by atoms with van der Waals surface area (Å²) in [5, 5.41) is 9.15. The number of oxazole rings is 1. The zero-order valence-electron chi connectivity index (χ0n) is 15.6. The Hall–Kier alpha value is -3.11. The molecular formula is C23H23NO3. The van der Waals surface area contributed by atoms with Gasteiger partial charge in [0.15, 0.2) is 0 Å². The molecule has 138 valence electrons. The molecular weight excluding hydrogens is 338 g/mol. The second kappa shape index (κ2) is 9.01. The Labute approximate surface area is 159 Å². The highest BCUT2D eigenvalue weighted by Crippen LogP contribution is 2.24. The monoisotopic (exact) mass is 361 g/mol. The van der Waals surface area contributed by atoms with E-state index >= 15 is 0 Å². The number of aliphatic hydroxyl groups is 1. The maximum absolute atomic E-state index is 9.15. The lowest BCUT2D eigenvalue weighted by molar-refractivity contribution is 0.299. The van der Waals surface area contributed by atoms with Gasteiger partial charge in [0, 0.05) is 5.56 Å². The lowest BCUT2D eigenvalue weighted by atomic mass is 10.1. The lowest BCUT2D eigenvalue weighted by Gasteiger charge is -2.07. The van der Waals surface area contributed by atoms with Crippen LogP contribution in [-0.4, -0.2) is 16.7 Å². The van der Waals surface area contributed by atoms with Crippen molar-refractivity contribution >= 4 is 5.57 Å². The first-order valence-corrected chi connectivity index (χ1v) is 8.90. The quantitative estimate of drug-likeness (QED) is 0.589. The van der Waals surface area contributed by atoms with Crippen molar-refractivity contribution in [2.45, 2.75) is 20.5 Å². The predicted octanol–water partition coefficient (Wildman–Crippen LogP) is 5.18. The first kappa shape index (κ1) is 18.7. The molecule has 1 N–H and O–H groups in total. The van der Waals surface area contributed by atoms with Crippen molar-refractivity contribution in [3.8, 4) is 17.2 Å². The number of allylic oxidation sites excluding steroid dienone is 3. The minimum absolute atomic E-state index is 0.00705. The molecule has 0 aliphatic heterocycles. The molecule has 0 radical (unpaired) electrons. The molecule has 0 amide bonds. The van der Waals surface area contributed by atoms with Crippen molar-refractivity contribution < 1.29 is 14.3 Å². The van der Waals surface area contributed by atoms with E-state index < -0.39 is 0 Å². The first-order chi connectivity index (χ1) is 13.2. The van der Waals surface area contributed by atoms with Crippen LogP contribution in [0.1, 0.15) is 23.9 Å². The normalized spacial score (nSPS) is 11.9. The molecule has 1 aromatic heterocycles. The second-order valence-electron chi connectivity index (χ2n) is 6.04. The molecule has 2 aromatic carbocycles. The highest BCUT2D eigenvalue weighted by Gasteiger charge is 2.11. The van der Waals surface area contributed by atoms with E-state index in [1.54, 1.807) is 6.08 Å². The predicted molar refractivity (Wildman–Crippen MR) is 107 cm³/mol. The third-order valence-corrected chi connectivity index (χ3v) is 4.13. The summed E-state index contributed by atoms with van der Waals surface area (Å²) in [5.41, 5.74) is 3.74. The summed E-state index contributed by atoms with van der Waals surface area (Å²) < 4.78 is 11.6. The maximum Gasteiger partial charge on any atom is 0.226 e. The van der Waals surface area contributed by atoms with Crippen LogP contribution in [-0.2, 0) is 6.61 Å². The Kier molecular flexibility index (Phi) is 6.23. The van der Waals surface area contributed by atoms with Crippen LogP contribution in [0.2, 0.25) is 0 Å². The van der Waals surface area contributed by atoms with Gasteiger partial charge in [0.2, 0.25) is 5.89 Å². The molecule has 1 heterocycles. The van der Waals surface area contributed by atoms with Gasteiger partial charge in [-0.2, -0.15) is 0 Å². The Morgan fingerprint density at radius 1 is 1.11 bits per heavy atom. The van der Waals surface area contributed by atoms with Crippen LogP contribution in [0.5, 0.6) is 5.75 Å². The molecule has 4 heteroatoms. The number of benzene rings is 2. The minimum Gasteiger partial charge on any atom is -0.487 e. The number of hydrogen-bond donors (Lipinski definition) is 1. The van der Waals surface area contributed by atoms with Crippen LogP contribution in [0.25, 0.3) is 17.0 Å². The number of ether oxygens (including phenoxy) is 1. The third-order valence-electron chi connectivity index (χ3n) is 4.13. The van der Waals surface area contributed by atoms with Crippen LogP contribution in [0.4, 0.5) is 0 Å². The van der Waals surface area contributed by atoms with Crippen molar-refractivity contribution in [1.29, 1.82) is 0 Å². The topological polar surface area (TPSA) is 55.5 Å². The van der Waals surface area contributed by atoms with Crippen LogP contribution >= 0.6 is 0 Å². The molecule has 0 unspecified atom stereocenters. The van der Waals surface area contributed by atoms with Gasteiger partial charge in [-0.05, 0) is 49.2 Å². The van der Waals surface area contributed by atoms with Crippen LogP contribution < -0.4 is 4.74 Å². The number of nitrogens with zero attached hydrogens (tertiary/aromatic N) is 1. The maximum atomic E-state index is 9.15. The summed E-state index contributed by atoms with van der Waals surface area (Å²) in [6.07, 6.45) is 5.69. The van der Waals surface area contributed by atoms with Gasteiger partial charge in [-0.1, -0.05) is 48.6 Å². The number of aryl methyl sites for hydroxylation is 1. The third kappa shape index (κ3) is 4.74. The molecule has 0 atom stereocenters. The van der Waals surface area contributed by atoms with E-state index in [-0.39, 0.29) is 6.61 Å². The van der Waals surface area contributed by atoms with Crippen molar-refractivity contribution in [2.75, 3.05) is 6.61 Å². The minimum atomic E-state index is 0.00705. The molecule has 0 bridgehead atoms. The van der Waals surface area contributed by atoms with Crippen molar-refractivity contribution in [1.82, 2.24) is 4.98 Å². The number of aliphatic hydroxyl groups excluding tert-OH is 1. The van der Waals surface area contributed by atoms with Gasteiger partial charge in [-0.3, -0.25) is 0 Å². The van der Waals surface area contributed by atoms with Gasteiger partial charge in [0.05, 0.1) is 6.61 Å². The van der Waals surface area contributed by atoms with Crippen molar-refractivity contribution in [2.24, 2.45) is 0 Å². The Balaban J connectivity index is 1.69. The number of aromatic nitrogens is 1. The Bertz CT molecular complexity index is 922. The summed E-state index contributed by atoms with van der Waals surface area (Å²) in [7, 11) is 0. The molecule has 0 fully saturated rings. The van der Waals surface area contributed by atoms with E-state index in [1.807, 2.05) is 80.6 Å². The van der Waals surface area contributed by atoms with E-state index in [0.717, 1.165) is 33.9 Å². The van der Waals surface area contributed by atoms with Crippen LogP contribution in [0.3, 0.4) is 0 Å². The van der Waals surface area contributed by atoms with E-state index in [1.165, 1.54) is 0 Å². The highest BCUT2D eigenvalue weighted by atomic mass is 16.5. The fourth-order valence-electron chi connectivity index (χ4n) is 2.72. The summed E-state index contributed by atoms with van der Waals surface area (Å²) in [6.45, 7) is 4.19. The summed E-state index contributed by atoms with van der Waals surface area (Å²) in [5.74, 6) is 2.12. The average molecular weight is 361 g/mol. The molecule has 4 nitrogen and oxygen atoms in total. The number of rotatable bonds is 7. The molecule has 0 aliphatic carbocycles. The number of hydrogen-bond acceptors (Lipinski definition) is 4. The van der Waals surface area contributed by atoms with Gasteiger partial charge in [-0.25, -0.2) is 4.98 Å². The zero-order valence-corrected chi connectivity index (χ0v) is 15.6. The largest absolute Gasteiger partial charge is 0.487 e. The molecule has 0 saturated carbocycles. The van der Waals surface area contributed by atoms with E-state index in [0.29, 0.717) is 12.5 Å². The molecule has 0 saturated heterocycles. The fourth-order valence-corrected chi connectivity index (χ4v) is 2.72. The van der Waals surface area contributed by atoms with Gasteiger partial charge in [-0.15, -0.1) is 0 Å². The Morgan fingerprint density at radius 3 is 2.52 bits per heavy atom. The summed E-state index contributed by atoms with van der Waals surface area (Å²) >= 11 is 0. The summed E-state index contributed by atoms with van der Waals surface area (Å²) in [4.78, 5) is 4.55. The average Bonchev–Trinajstić information content (AvgIpc) is 3.08. The lowest BCUT2D eigenvalue weighted by Crippen LogP contribution is -1.97. The highest BCUT2D eigenvalue weighted by molar-refractivity contribution is 5.74. The van der Waals surface area contributed by atoms with Gasteiger partial charge < -0.3 is 14.3 Å². The van der Waals surface area contributed by atoms with Crippen LogP contribution in [0, 0.1) is 6.92 Å². The molecule has 3 rings (SSSR count). The van der Waals surface area contributed by atoms with Crippen molar-refractivity contribution in [3.63, 3.8) is 0 Å². The van der Waals surface area contributed by atoms with Crippen LogP contribution in [0.15, 0.2) is 77.2 Å². The Morgan fingerprint density at radius 2 is 1.85 bits per heavy atom. The molecule has 3 aromatic rings. The SMILES string of the molecule is CC=CC(=CCO)c1ccc(OCc2nc(-c3ccccc3)oc2C)cc1. The van der Waals surface area contributed by atoms with Gasteiger partial charge in [0.1, 0.15) is 23.8 Å². The van der Waals surface area contributed by atoms with E-state index in [2.05, 4.69) is 4.98 Å². The second-order valence-corrected chi connectivity index (χ2v) is 6.04. The fraction of sp³-hybridized carbons (Fsp3) is 0.174. The zero-order chi connectivity index (χ0) is 19.1. The smallest absolute Gasteiger partial charge is 0.226 e. The molecule has 0 aliphatic rings.